The van der Waals surface area contributed by atoms with E-state index in [0.717, 1.165) is 31.0 Å². The lowest BCUT2D eigenvalue weighted by Crippen LogP contribution is -2.27. The zero-order chi connectivity index (χ0) is 15.6. The fourth-order valence-electron chi connectivity index (χ4n) is 2.85. The van der Waals surface area contributed by atoms with Crippen LogP contribution in [0.2, 0.25) is 0 Å². The topological polar surface area (TPSA) is 30.5 Å². The summed E-state index contributed by atoms with van der Waals surface area (Å²) >= 11 is 0. The van der Waals surface area contributed by atoms with Crippen LogP contribution < -0.4 is 14.8 Å². The third-order valence-electron chi connectivity index (χ3n) is 4.05. The first-order chi connectivity index (χ1) is 9.88. The summed E-state index contributed by atoms with van der Waals surface area (Å²) in [5.74, 6) is 0.145. The number of hydrogen-bond donors (Lipinski definition) is 1. The molecule has 0 amide bonds. The van der Waals surface area contributed by atoms with E-state index in [9.17, 15) is 13.2 Å². The second-order valence-electron chi connectivity index (χ2n) is 5.28. The smallest absolute Gasteiger partial charge is 0.420 e. The number of alkyl halides is 3. The third kappa shape index (κ3) is 3.26. The first-order valence-corrected chi connectivity index (χ1v) is 6.95. The van der Waals surface area contributed by atoms with Crippen LogP contribution in [-0.4, -0.2) is 26.8 Å². The SMILES string of the molecule is COc1cc(C(F)(F)F)c(OC)cc1[C@@H](C)[C@@H]1CCCN1. The molecule has 0 saturated carbocycles. The second-order valence-corrected chi connectivity index (χ2v) is 5.28. The van der Waals surface area contributed by atoms with Gasteiger partial charge in [-0.3, -0.25) is 0 Å². The van der Waals surface area contributed by atoms with Gasteiger partial charge in [0, 0.05) is 17.5 Å². The molecule has 1 aromatic rings. The molecule has 0 bridgehead atoms. The maximum atomic E-state index is 13.0. The minimum atomic E-state index is -4.47. The summed E-state index contributed by atoms with van der Waals surface area (Å²) in [5, 5.41) is 3.37. The van der Waals surface area contributed by atoms with Crippen LogP contribution in [-0.2, 0) is 6.18 Å². The van der Waals surface area contributed by atoms with Gasteiger partial charge in [0.15, 0.2) is 0 Å². The number of hydrogen-bond acceptors (Lipinski definition) is 3. The van der Waals surface area contributed by atoms with E-state index in [2.05, 4.69) is 5.32 Å². The zero-order valence-corrected chi connectivity index (χ0v) is 12.4. The molecule has 1 heterocycles. The van der Waals surface area contributed by atoms with Gasteiger partial charge < -0.3 is 14.8 Å². The lowest BCUT2D eigenvalue weighted by Gasteiger charge is -2.24. The second kappa shape index (κ2) is 6.13. The van der Waals surface area contributed by atoms with E-state index in [0.29, 0.717) is 0 Å². The highest BCUT2D eigenvalue weighted by atomic mass is 19.4. The van der Waals surface area contributed by atoms with Gasteiger partial charge in [-0.05, 0) is 31.5 Å². The van der Waals surface area contributed by atoms with Crippen LogP contribution in [0.3, 0.4) is 0 Å². The molecule has 1 saturated heterocycles. The van der Waals surface area contributed by atoms with Crippen LogP contribution >= 0.6 is 0 Å². The van der Waals surface area contributed by atoms with Gasteiger partial charge in [-0.15, -0.1) is 0 Å². The van der Waals surface area contributed by atoms with Crippen molar-refractivity contribution in [3.8, 4) is 11.5 Å². The van der Waals surface area contributed by atoms with Crippen LogP contribution in [0, 0.1) is 0 Å². The number of benzene rings is 1. The summed E-state index contributed by atoms with van der Waals surface area (Å²) in [6.45, 7) is 2.93. The largest absolute Gasteiger partial charge is 0.496 e. The highest BCUT2D eigenvalue weighted by Gasteiger charge is 2.36. The van der Waals surface area contributed by atoms with Crippen LogP contribution in [0.25, 0.3) is 0 Å². The molecule has 2 atom stereocenters. The number of halogens is 3. The first-order valence-electron chi connectivity index (χ1n) is 6.95. The Morgan fingerprint density at radius 1 is 1.19 bits per heavy atom. The Hall–Kier alpha value is -1.43. The first kappa shape index (κ1) is 15.9. The predicted molar refractivity (Wildman–Crippen MR) is 74.0 cm³/mol. The molecule has 1 fully saturated rings. The average molecular weight is 303 g/mol. The number of ether oxygens (including phenoxy) is 2. The summed E-state index contributed by atoms with van der Waals surface area (Å²) in [6.07, 6.45) is -2.38. The zero-order valence-electron chi connectivity index (χ0n) is 12.4. The number of nitrogens with one attached hydrogen (secondary N) is 1. The molecule has 3 nitrogen and oxygen atoms in total. The van der Waals surface area contributed by atoms with Crippen LogP contribution in [0.4, 0.5) is 13.2 Å². The van der Waals surface area contributed by atoms with Gasteiger partial charge in [0.1, 0.15) is 17.1 Å². The fourth-order valence-corrected chi connectivity index (χ4v) is 2.85. The van der Waals surface area contributed by atoms with Gasteiger partial charge in [0.25, 0.3) is 0 Å². The Balaban J connectivity index is 2.45. The van der Waals surface area contributed by atoms with Gasteiger partial charge in [-0.2, -0.15) is 13.2 Å². The molecular weight excluding hydrogens is 283 g/mol. The molecule has 1 aliphatic rings. The van der Waals surface area contributed by atoms with Crippen molar-refractivity contribution in [2.24, 2.45) is 0 Å². The molecule has 0 aromatic heterocycles. The Morgan fingerprint density at radius 3 is 2.33 bits per heavy atom. The number of rotatable bonds is 4. The molecule has 0 radical (unpaired) electrons. The molecular formula is C15H20F3NO2. The van der Waals surface area contributed by atoms with Crippen molar-refractivity contribution in [1.82, 2.24) is 5.32 Å². The van der Waals surface area contributed by atoms with E-state index in [4.69, 9.17) is 9.47 Å². The van der Waals surface area contributed by atoms with E-state index < -0.39 is 11.7 Å². The quantitative estimate of drug-likeness (QED) is 0.922. The molecule has 21 heavy (non-hydrogen) atoms. The summed E-state index contributed by atoms with van der Waals surface area (Å²) in [4.78, 5) is 0. The third-order valence-corrected chi connectivity index (χ3v) is 4.05. The highest BCUT2D eigenvalue weighted by molar-refractivity contribution is 5.49. The molecule has 0 unspecified atom stereocenters. The highest BCUT2D eigenvalue weighted by Crippen LogP contribution is 2.43. The molecule has 118 valence electrons. The summed E-state index contributed by atoms with van der Waals surface area (Å²) < 4.78 is 49.2. The van der Waals surface area contributed by atoms with Crippen LogP contribution in [0.15, 0.2) is 12.1 Å². The molecule has 2 rings (SSSR count). The maximum absolute atomic E-state index is 13.0. The monoisotopic (exact) mass is 303 g/mol. The van der Waals surface area contributed by atoms with Crippen molar-refractivity contribution in [3.05, 3.63) is 23.3 Å². The van der Waals surface area contributed by atoms with Gasteiger partial charge in [0.2, 0.25) is 0 Å². The summed E-state index contributed by atoms with van der Waals surface area (Å²) in [7, 11) is 2.64. The molecule has 0 spiro atoms. The van der Waals surface area contributed by atoms with Gasteiger partial charge in [0.05, 0.1) is 14.2 Å². The molecule has 1 aromatic carbocycles. The van der Waals surface area contributed by atoms with Crippen molar-refractivity contribution < 1.29 is 22.6 Å². The fraction of sp³-hybridized carbons (Fsp3) is 0.600. The molecule has 6 heteroatoms. The van der Waals surface area contributed by atoms with Crippen molar-refractivity contribution in [1.29, 1.82) is 0 Å². The molecule has 1 aliphatic heterocycles. The Bertz CT molecular complexity index is 496. The van der Waals surface area contributed by atoms with Crippen molar-refractivity contribution in [3.63, 3.8) is 0 Å². The van der Waals surface area contributed by atoms with Crippen LogP contribution in [0.5, 0.6) is 11.5 Å². The van der Waals surface area contributed by atoms with Crippen molar-refractivity contribution in [2.45, 2.75) is 37.9 Å². The van der Waals surface area contributed by atoms with E-state index in [1.807, 2.05) is 6.92 Å². The van der Waals surface area contributed by atoms with Crippen molar-refractivity contribution in [2.75, 3.05) is 20.8 Å². The van der Waals surface area contributed by atoms with E-state index in [1.54, 1.807) is 0 Å². The predicted octanol–water partition coefficient (Wildman–Crippen LogP) is 3.58. The number of methoxy groups -OCH3 is 2. The Kier molecular flexibility index (Phi) is 4.66. The Labute approximate surface area is 122 Å². The maximum Gasteiger partial charge on any atom is 0.420 e. The minimum Gasteiger partial charge on any atom is -0.496 e. The normalized spacial score (nSPS) is 20.4. The lowest BCUT2D eigenvalue weighted by molar-refractivity contribution is -0.138. The van der Waals surface area contributed by atoms with Gasteiger partial charge >= 0.3 is 6.18 Å². The Morgan fingerprint density at radius 2 is 1.86 bits per heavy atom. The van der Waals surface area contributed by atoms with Gasteiger partial charge in [-0.25, -0.2) is 0 Å². The average Bonchev–Trinajstić information content (AvgIpc) is 2.98. The van der Waals surface area contributed by atoms with E-state index in [-0.39, 0.29) is 23.5 Å². The van der Waals surface area contributed by atoms with E-state index in [1.165, 1.54) is 20.3 Å². The van der Waals surface area contributed by atoms with Crippen LogP contribution in [0.1, 0.15) is 36.8 Å². The summed E-state index contributed by atoms with van der Waals surface area (Å²) in [6, 6.07) is 2.73. The lowest BCUT2D eigenvalue weighted by atomic mass is 9.90. The van der Waals surface area contributed by atoms with Crippen molar-refractivity contribution >= 4 is 0 Å². The minimum absolute atomic E-state index is 0.0543. The standard InChI is InChI=1S/C15H20F3NO2/c1-9(12-5-4-6-19-12)10-7-14(21-3)11(15(16,17)18)8-13(10)20-2/h7-9,12,19H,4-6H2,1-3H3/t9-,12+/m1/s1. The van der Waals surface area contributed by atoms with E-state index >= 15 is 0 Å². The molecule has 0 aliphatic carbocycles. The summed E-state index contributed by atoms with van der Waals surface area (Å²) in [5.41, 5.74) is -0.0704. The molecule has 1 N–H and O–H groups in total. The van der Waals surface area contributed by atoms with Gasteiger partial charge in [-0.1, -0.05) is 6.92 Å².